The van der Waals surface area contributed by atoms with Crippen LogP contribution in [-0.2, 0) is 0 Å². The van der Waals surface area contributed by atoms with Gasteiger partial charge in [0.15, 0.2) is 0 Å². The van der Waals surface area contributed by atoms with Gasteiger partial charge in [-0.25, -0.2) is 0 Å². The summed E-state index contributed by atoms with van der Waals surface area (Å²) in [4.78, 5) is 4.77. The lowest BCUT2D eigenvalue weighted by molar-refractivity contribution is 0.669. The summed E-state index contributed by atoms with van der Waals surface area (Å²) in [6.45, 7) is 0. The van der Waals surface area contributed by atoms with Gasteiger partial charge in [0.05, 0.1) is 16.7 Å². The van der Waals surface area contributed by atoms with Crippen molar-refractivity contribution in [1.29, 1.82) is 0 Å². The molecule has 4 heteroatoms. The van der Waals surface area contributed by atoms with Gasteiger partial charge in [-0.2, -0.15) is 0 Å². The molecule has 0 amide bonds. The second kappa shape index (κ2) is 19.0. The summed E-state index contributed by atoms with van der Waals surface area (Å²) in [5, 5.41) is 4.56. The average molecular weight is 972 g/mol. The maximum atomic E-state index is 6.56. The number of para-hydroxylation sites is 3. The Hall–Kier alpha value is -10.2. The van der Waals surface area contributed by atoms with E-state index in [9.17, 15) is 0 Å². The number of fused-ring (bicyclic) bond motifs is 6. The fourth-order valence-electron chi connectivity index (χ4n) is 11.1. The molecule has 12 aromatic carbocycles. The predicted octanol–water partition coefficient (Wildman–Crippen LogP) is 20.3. The second-order valence-electron chi connectivity index (χ2n) is 19.3. The first-order valence-electron chi connectivity index (χ1n) is 25.9. The number of benzene rings is 12. The molecule has 0 fully saturated rings. The molecule has 2 heterocycles. The van der Waals surface area contributed by atoms with Crippen molar-refractivity contribution in [2.45, 2.75) is 0 Å². The molecular formula is C72H49N3O. The Kier molecular flexibility index (Phi) is 11.2. The van der Waals surface area contributed by atoms with Gasteiger partial charge in [-0.3, -0.25) is 0 Å². The van der Waals surface area contributed by atoms with Crippen molar-refractivity contribution >= 4 is 77.9 Å². The van der Waals surface area contributed by atoms with Gasteiger partial charge in [0.2, 0.25) is 0 Å². The Balaban J connectivity index is 0.942. The Labute approximate surface area is 441 Å². The highest BCUT2D eigenvalue weighted by atomic mass is 16.3. The van der Waals surface area contributed by atoms with E-state index in [1.54, 1.807) is 0 Å². The lowest BCUT2D eigenvalue weighted by atomic mass is 9.99. The Bertz CT molecular complexity index is 4360. The van der Waals surface area contributed by atoms with E-state index in [1.165, 1.54) is 33.2 Å². The number of furan rings is 1. The first-order valence-corrected chi connectivity index (χ1v) is 25.9. The number of aromatic nitrogens is 1. The van der Waals surface area contributed by atoms with Crippen molar-refractivity contribution in [2.24, 2.45) is 0 Å². The lowest BCUT2D eigenvalue weighted by Crippen LogP contribution is -2.12. The maximum Gasteiger partial charge on any atom is 0.137 e. The molecule has 0 atom stereocenters. The number of anilines is 6. The molecule has 2 aromatic heterocycles. The average Bonchev–Trinajstić information content (AvgIpc) is 4.12. The van der Waals surface area contributed by atoms with Crippen molar-refractivity contribution in [3.63, 3.8) is 0 Å². The third-order valence-electron chi connectivity index (χ3n) is 14.8. The molecule has 0 unspecified atom stereocenters. The van der Waals surface area contributed by atoms with E-state index < -0.39 is 0 Å². The number of hydrogen-bond acceptors (Lipinski definition) is 3. The highest BCUT2D eigenvalue weighted by molar-refractivity contribution is 6.18. The summed E-state index contributed by atoms with van der Waals surface area (Å²) >= 11 is 0. The number of nitrogens with zero attached hydrogens (tertiary/aromatic N) is 3. The lowest BCUT2D eigenvalue weighted by Gasteiger charge is -2.29. The van der Waals surface area contributed by atoms with E-state index in [2.05, 4.69) is 306 Å². The third kappa shape index (κ3) is 8.06. The molecule has 0 aliphatic heterocycles. The fourth-order valence-corrected chi connectivity index (χ4v) is 11.1. The van der Waals surface area contributed by atoms with Crippen LogP contribution in [0.25, 0.3) is 93.9 Å². The summed E-state index contributed by atoms with van der Waals surface area (Å²) in [6, 6.07) is 107. The van der Waals surface area contributed by atoms with Gasteiger partial charge in [-0.15, -0.1) is 0 Å². The highest BCUT2D eigenvalue weighted by Crippen LogP contribution is 2.46. The molecular weight excluding hydrogens is 923 g/mol. The van der Waals surface area contributed by atoms with E-state index in [0.29, 0.717) is 0 Å². The molecule has 358 valence electrons. The minimum atomic E-state index is 0.867. The number of rotatable bonds is 11. The van der Waals surface area contributed by atoms with Gasteiger partial charge in [-0.1, -0.05) is 200 Å². The van der Waals surface area contributed by atoms with Crippen LogP contribution in [0.1, 0.15) is 0 Å². The summed E-state index contributed by atoms with van der Waals surface area (Å²) in [5.41, 5.74) is 20.7. The van der Waals surface area contributed by atoms with Crippen LogP contribution in [-0.4, -0.2) is 4.57 Å². The minimum absolute atomic E-state index is 0.867. The molecule has 0 aliphatic carbocycles. The molecule has 4 nitrogen and oxygen atoms in total. The topological polar surface area (TPSA) is 24.6 Å². The molecule has 0 spiro atoms. The predicted molar refractivity (Wildman–Crippen MR) is 319 cm³/mol. The van der Waals surface area contributed by atoms with Crippen LogP contribution in [0, 0.1) is 0 Å². The largest absolute Gasteiger partial charge is 0.456 e. The van der Waals surface area contributed by atoms with Crippen molar-refractivity contribution in [3.8, 4) is 50.2 Å². The van der Waals surface area contributed by atoms with Crippen LogP contribution >= 0.6 is 0 Å². The first kappa shape index (κ1) is 44.5. The summed E-state index contributed by atoms with van der Waals surface area (Å²) in [5.74, 6) is 0. The van der Waals surface area contributed by atoms with Crippen molar-refractivity contribution in [2.75, 3.05) is 9.80 Å². The first-order chi connectivity index (χ1) is 37.7. The normalized spacial score (nSPS) is 11.4. The van der Waals surface area contributed by atoms with E-state index in [0.717, 1.165) is 94.9 Å². The Morgan fingerprint density at radius 3 is 1.36 bits per heavy atom. The minimum Gasteiger partial charge on any atom is -0.456 e. The van der Waals surface area contributed by atoms with Crippen LogP contribution in [0.2, 0.25) is 0 Å². The molecule has 0 N–H and O–H groups in total. The zero-order chi connectivity index (χ0) is 50.4. The van der Waals surface area contributed by atoms with Gasteiger partial charge in [0.1, 0.15) is 11.2 Å². The van der Waals surface area contributed by atoms with Gasteiger partial charge < -0.3 is 18.8 Å². The highest BCUT2D eigenvalue weighted by Gasteiger charge is 2.22. The van der Waals surface area contributed by atoms with Gasteiger partial charge in [0.25, 0.3) is 0 Å². The SMILES string of the molecule is c1ccc(-c2ccc(N(c3cccc(-c4ccccc4N(c4ccccc4)c4ccc(-c5ccccc5)cc4)c3)c3ccc4c5cc6c(cc5n(-c5ccc(-c7ccccc7)cc5)c4c3)oc3ccccc36)cc2)cc1. The molecule has 0 aliphatic rings. The Morgan fingerprint density at radius 1 is 0.250 bits per heavy atom. The molecule has 0 radical (unpaired) electrons. The van der Waals surface area contributed by atoms with Gasteiger partial charge in [0, 0.05) is 67.3 Å². The van der Waals surface area contributed by atoms with Crippen LogP contribution < -0.4 is 9.80 Å². The molecule has 76 heavy (non-hydrogen) atoms. The molecule has 14 aromatic rings. The zero-order valence-corrected chi connectivity index (χ0v) is 41.5. The number of hydrogen-bond donors (Lipinski definition) is 0. The quantitative estimate of drug-likeness (QED) is 0.129. The summed E-state index contributed by atoms with van der Waals surface area (Å²) in [7, 11) is 0. The van der Waals surface area contributed by atoms with Crippen LogP contribution in [0.4, 0.5) is 34.1 Å². The second-order valence-corrected chi connectivity index (χ2v) is 19.3. The van der Waals surface area contributed by atoms with Crippen molar-refractivity contribution in [1.82, 2.24) is 4.57 Å². The van der Waals surface area contributed by atoms with Gasteiger partial charge >= 0.3 is 0 Å². The fraction of sp³-hybridized carbons (Fsp3) is 0. The van der Waals surface area contributed by atoms with Crippen molar-refractivity contribution in [3.05, 3.63) is 297 Å². The standard InChI is InChI=1S/C72H49N3O/c1-5-18-50(19-6-1)53-32-38-58(39-33-53)73(61-27-17-24-56(46-61)63-28-13-15-30-68(63)74(57-25-11-4-12-26-57)59-40-34-54(35-41-59)51-20-7-2-8-21-51)62-44-45-64-66-48-67-65-29-14-16-31-71(65)76-72(67)49-70(66)75(69(64)47-62)60-42-36-55(37-43-60)52-22-9-3-10-23-52/h1-49H. The zero-order valence-electron chi connectivity index (χ0n) is 41.5. The maximum absolute atomic E-state index is 6.56. The van der Waals surface area contributed by atoms with Gasteiger partial charge in [-0.05, 0) is 130 Å². The summed E-state index contributed by atoms with van der Waals surface area (Å²) < 4.78 is 8.97. The van der Waals surface area contributed by atoms with Crippen LogP contribution in [0.5, 0.6) is 0 Å². The van der Waals surface area contributed by atoms with E-state index in [-0.39, 0.29) is 0 Å². The molecule has 0 bridgehead atoms. The van der Waals surface area contributed by atoms with E-state index in [1.807, 2.05) is 6.07 Å². The van der Waals surface area contributed by atoms with E-state index in [4.69, 9.17) is 4.42 Å². The monoisotopic (exact) mass is 971 g/mol. The van der Waals surface area contributed by atoms with Crippen molar-refractivity contribution < 1.29 is 4.42 Å². The molecule has 14 rings (SSSR count). The summed E-state index contributed by atoms with van der Waals surface area (Å²) in [6.07, 6.45) is 0. The molecule has 0 saturated heterocycles. The smallest absolute Gasteiger partial charge is 0.137 e. The van der Waals surface area contributed by atoms with Crippen LogP contribution in [0.15, 0.2) is 302 Å². The Morgan fingerprint density at radius 2 is 0.711 bits per heavy atom. The third-order valence-corrected chi connectivity index (χ3v) is 14.8. The van der Waals surface area contributed by atoms with Crippen LogP contribution in [0.3, 0.4) is 0 Å². The molecule has 0 saturated carbocycles. The van der Waals surface area contributed by atoms with E-state index >= 15 is 0 Å².